The lowest BCUT2D eigenvalue weighted by Gasteiger charge is -2.13. The molecule has 25 heavy (non-hydrogen) atoms. The maximum absolute atomic E-state index is 12.4. The topological polar surface area (TPSA) is 64.6 Å². The molecular formula is C19H25NO4S. The van der Waals surface area contributed by atoms with Gasteiger partial charge in [0, 0.05) is 6.54 Å². The fraction of sp³-hybridized carbons (Fsp3) is 0.368. The van der Waals surface area contributed by atoms with Gasteiger partial charge in [-0.15, -0.1) is 0 Å². The minimum Gasteiger partial charge on any atom is -0.490 e. The minimum absolute atomic E-state index is 0.185. The number of hydrogen-bond acceptors (Lipinski definition) is 4. The molecule has 0 amide bonds. The van der Waals surface area contributed by atoms with Crippen molar-refractivity contribution in [3.63, 3.8) is 0 Å². The van der Waals surface area contributed by atoms with Crippen molar-refractivity contribution in [1.29, 1.82) is 0 Å². The van der Waals surface area contributed by atoms with Crippen LogP contribution in [0.5, 0.6) is 11.5 Å². The van der Waals surface area contributed by atoms with E-state index in [0.29, 0.717) is 24.7 Å². The first-order valence-electron chi connectivity index (χ1n) is 8.41. The van der Waals surface area contributed by atoms with Gasteiger partial charge in [0.2, 0.25) is 10.0 Å². The van der Waals surface area contributed by atoms with Crippen LogP contribution in [0.4, 0.5) is 0 Å². The second-order valence-corrected chi connectivity index (χ2v) is 7.47. The van der Waals surface area contributed by atoms with Gasteiger partial charge in [0.25, 0.3) is 0 Å². The van der Waals surface area contributed by atoms with Gasteiger partial charge >= 0.3 is 0 Å². The van der Waals surface area contributed by atoms with Crippen LogP contribution in [-0.4, -0.2) is 21.6 Å². The van der Waals surface area contributed by atoms with Crippen molar-refractivity contribution in [2.75, 3.05) is 13.2 Å². The van der Waals surface area contributed by atoms with Crippen LogP contribution in [0.3, 0.4) is 0 Å². The molecular weight excluding hydrogens is 338 g/mol. The summed E-state index contributed by atoms with van der Waals surface area (Å²) < 4.78 is 38.6. The van der Waals surface area contributed by atoms with Gasteiger partial charge in [-0.25, -0.2) is 13.1 Å². The van der Waals surface area contributed by atoms with Gasteiger partial charge in [0.1, 0.15) is 0 Å². The lowest BCUT2D eigenvalue weighted by Crippen LogP contribution is -2.23. The molecule has 0 fully saturated rings. The molecule has 0 atom stereocenters. The summed E-state index contributed by atoms with van der Waals surface area (Å²) in [5, 5.41) is 0. The molecule has 0 spiro atoms. The highest BCUT2D eigenvalue weighted by Gasteiger charge is 2.14. The van der Waals surface area contributed by atoms with Gasteiger partial charge in [-0.3, -0.25) is 0 Å². The van der Waals surface area contributed by atoms with E-state index in [4.69, 9.17) is 9.47 Å². The first-order chi connectivity index (χ1) is 12.0. The average molecular weight is 363 g/mol. The fourth-order valence-electron chi connectivity index (χ4n) is 2.24. The van der Waals surface area contributed by atoms with Crippen molar-refractivity contribution in [2.24, 2.45) is 0 Å². The Morgan fingerprint density at radius 2 is 1.68 bits per heavy atom. The summed E-state index contributed by atoms with van der Waals surface area (Å²) in [6.45, 7) is 7.16. The van der Waals surface area contributed by atoms with E-state index in [0.717, 1.165) is 17.5 Å². The Morgan fingerprint density at radius 1 is 0.960 bits per heavy atom. The second-order valence-electron chi connectivity index (χ2n) is 5.70. The maximum Gasteiger partial charge on any atom is 0.240 e. The molecule has 0 radical (unpaired) electrons. The van der Waals surface area contributed by atoms with Crippen LogP contribution in [0.2, 0.25) is 0 Å². The smallest absolute Gasteiger partial charge is 0.240 e. The summed E-state index contributed by atoms with van der Waals surface area (Å²) in [5.41, 5.74) is 1.82. The third kappa shape index (κ3) is 5.47. The quantitative estimate of drug-likeness (QED) is 0.738. The normalized spacial score (nSPS) is 11.3. The largest absolute Gasteiger partial charge is 0.490 e. The standard InChI is InChI=1S/C19H25NO4S/c1-4-12-24-18-11-8-16(13-19(18)23-5-2)14-20-25(21,22)17-9-6-15(3)7-10-17/h6-11,13,20H,4-5,12,14H2,1-3H3. The predicted octanol–water partition coefficient (Wildman–Crippen LogP) is 3.66. The summed E-state index contributed by atoms with van der Waals surface area (Å²) >= 11 is 0. The van der Waals surface area contributed by atoms with E-state index in [-0.39, 0.29) is 11.4 Å². The zero-order valence-corrected chi connectivity index (χ0v) is 15.7. The van der Waals surface area contributed by atoms with Crippen molar-refractivity contribution in [1.82, 2.24) is 4.72 Å². The van der Waals surface area contributed by atoms with Crippen molar-refractivity contribution < 1.29 is 17.9 Å². The SMILES string of the molecule is CCCOc1ccc(CNS(=O)(=O)c2ccc(C)cc2)cc1OCC. The highest BCUT2D eigenvalue weighted by molar-refractivity contribution is 7.89. The number of ether oxygens (including phenoxy) is 2. The molecule has 0 aliphatic rings. The third-order valence-corrected chi connectivity index (χ3v) is 4.98. The van der Waals surface area contributed by atoms with Crippen LogP contribution >= 0.6 is 0 Å². The molecule has 0 heterocycles. The summed E-state index contributed by atoms with van der Waals surface area (Å²) in [5.74, 6) is 1.30. The number of sulfonamides is 1. The number of aryl methyl sites for hydroxylation is 1. The Labute approximate surface area is 150 Å². The van der Waals surface area contributed by atoms with Crippen LogP contribution in [-0.2, 0) is 16.6 Å². The Hall–Kier alpha value is -2.05. The van der Waals surface area contributed by atoms with E-state index in [1.807, 2.05) is 39.0 Å². The molecule has 2 rings (SSSR count). The average Bonchev–Trinajstić information content (AvgIpc) is 2.60. The van der Waals surface area contributed by atoms with Gasteiger partial charge in [-0.05, 0) is 50.1 Å². The molecule has 1 N–H and O–H groups in total. The summed E-state index contributed by atoms with van der Waals surface area (Å²) in [6.07, 6.45) is 0.906. The molecule has 2 aromatic carbocycles. The molecule has 0 aromatic heterocycles. The van der Waals surface area contributed by atoms with Crippen molar-refractivity contribution >= 4 is 10.0 Å². The lowest BCUT2D eigenvalue weighted by molar-refractivity contribution is 0.276. The van der Waals surface area contributed by atoms with E-state index >= 15 is 0 Å². The van der Waals surface area contributed by atoms with Crippen LogP contribution in [0.1, 0.15) is 31.4 Å². The Morgan fingerprint density at radius 3 is 2.32 bits per heavy atom. The van der Waals surface area contributed by atoms with Crippen molar-refractivity contribution in [2.45, 2.75) is 38.6 Å². The van der Waals surface area contributed by atoms with Crippen molar-refractivity contribution in [3.05, 3.63) is 53.6 Å². The predicted molar refractivity (Wildman–Crippen MR) is 98.6 cm³/mol. The fourth-order valence-corrected chi connectivity index (χ4v) is 3.26. The summed E-state index contributed by atoms with van der Waals surface area (Å²) in [6, 6.07) is 12.2. The van der Waals surface area contributed by atoms with E-state index in [2.05, 4.69) is 4.72 Å². The van der Waals surface area contributed by atoms with E-state index in [1.54, 1.807) is 24.3 Å². The summed E-state index contributed by atoms with van der Waals surface area (Å²) in [4.78, 5) is 0.256. The number of benzene rings is 2. The first-order valence-corrected chi connectivity index (χ1v) is 9.89. The van der Waals surface area contributed by atoms with Crippen LogP contribution in [0.15, 0.2) is 47.4 Å². The molecule has 0 saturated heterocycles. The zero-order chi connectivity index (χ0) is 18.3. The van der Waals surface area contributed by atoms with Crippen molar-refractivity contribution in [3.8, 4) is 11.5 Å². The Kier molecular flexibility index (Phi) is 6.84. The number of nitrogens with one attached hydrogen (secondary N) is 1. The van der Waals surface area contributed by atoms with Gasteiger partial charge in [0.05, 0.1) is 18.1 Å². The number of rotatable bonds is 9. The monoisotopic (exact) mass is 363 g/mol. The highest BCUT2D eigenvalue weighted by atomic mass is 32.2. The highest BCUT2D eigenvalue weighted by Crippen LogP contribution is 2.28. The molecule has 6 heteroatoms. The van der Waals surface area contributed by atoms with E-state index in [1.165, 1.54) is 0 Å². The van der Waals surface area contributed by atoms with Crippen LogP contribution < -0.4 is 14.2 Å². The molecule has 0 saturated carbocycles. The maximum atomic E-state index is 12.4. The van der Waals surface area contributed by atoms with E-state index < -0.39 is 10.0 Å². The van der Waals surface area contributed by atoms with Gasteiger partial charge in [0.15, 0.2) is 11.5 Å². The van der Waals surface area contributed by atoms with Crippen LogP contribution in [0.25, 0.3) is 0 Å². The first kappa shape index (κ1) is 19.3. The van der Waals surface area contributed by atoms with Gasteiger partial charge in [-0.2, -0.15) is 0 Å². The molecule has 2 aromatic rings. The minimum atomic E-state index is -3.55. The molecule has 0 aliphatic heterocycles. The molecule has 0 unspecified atom stereocenters. The third-order valence-electron chi connectivity index (χ3n) is 3.57. The molecule has 0 bridgehead atoms. The Balaban J connectivity index is 2.11. The molecule has 5 nitrogen and oxygen atoms in total. The Bertz CT molecular complexity index is 786. The summed E-state index contributed by atoms with van der Waals surface area (Å²) in [7, 11) is -3.55. The molecule has 136 valence electrons. The number of hydrogen-bond donors (Lipinski definition) is 1. The second kappa shape index (κ2) is 8.87. The van der Waals surface area contributed by atoms with E-state index in [9.17, 15) is 8.42 Å². The van der Waals surface area contributed by atoms with Gasteiger partial charge < -0.3 is 9.47 Å². The van der Waals surface area contributed by atoms with Gasteiger partial charge in [-0.1, -0.05) is 30.7 Å². The lowest BCUT2D eigenvalue weighted by atomic mass is 10.2. The zero-order valence-electron chi connectivity index (χ0n) is 14.9. The van der Waals surface area contributed by atoms with Crippen LogP contribution in [0, 0.1) is 6.92 Å². The molecule has 0 aliphatic carbocycles.